The number of benzene rings is 2. The molecule has 0 bridgehead atoms. The van der Waals surface area contributed by atoms with Gasteiger partial charge in [0.05, 0.1) is 11.3 Å². The summed E-state index contributed by atoms with van der Waals surface area (Å²) in [6.07, 6.45) is 3.23. The van der Waals surface area contributed by atoms with Crippen LogP contribution < -0.4 is 11.5 Å². The molecule has 6 N–H and O–H groups in total. The third kappa shape index (κ3) is 2.90. The first-order valence-corrected chi connectivity index (χ1v) is 6.33. The minimum atomic E-state index is -1.36. The molecule has 0 atom stereocenters. The normalized spacial score (nSPS) is 10.7. The van der Waals surface area contributed by atoms with E-state index in [2.05, 4.69) is 0 Å². The summed E-state index contributed by atoms with van der Waals surface area (Å²) in [5, 5.41) is 18.4. The summed E-state index contributed by atoms with van der Waals surface area (Å²) in [4.78, 5) is 22.5. The average Bonchev–Trinajstić information content (AvgIpc) is 2.44. The van der Waals surface area contributed by atoms with Crippen LogP contribution in [0.15, 0.2) is 36.4 Å². The Morgan fingerprint density at radius 2 is 1.50 bits per heavy atom. The minimum Gasteiger partial charge on any atom is -0.478 e. The van der Waals surface area contributed by atoms with Crippen molar-refractivity contribution in [2.24, 2.45) is 0 Å². The Morgan fingerprint density at radius 1 is 0.909 bits per heavy atom. The fraction of sp³-hybridized carbons (Fsp3) is 0. The Balaban J connectivity index is 2.59. The number of rotatable bonds is 4. The fourth-order valence-electron chi connectivity index (χ4n) is 2.11. The number of aromatic carboxylic acids is 2. The Labute approximate surface area is 126 Å². The van der Waals surface area contributed by atoms with Gasteiger partial charge < -0.3 is 21.7 Å². The van der Waals surface area contributed by atoms with Crippen LogP contribution in [0.3, 0.4) is 0 Å². The number of carbonyl (C=O) groups is 2. The van der Waals surface area contributed by atoms with Gasteiger partial charge in [-0.2, -0.15) is 0 Å². The van der Waals surface area contributed by atoms with Crippen molar-refractivity contribution in [1.82, 2.24) is 0 Å². The molecule has 0 unspecified atom stereocenters. The summed E-state index contributed by atoms with van der Waals surface area (Å²) in [7, 11) is 0. The zero-order valence-corrected chi connectivity index (χ0v) is 11.5. The Hall–Kier alpha value is -3.28. The third-order valence-corrected chi connectivity index (χ3v) is 3.11. The van der Waals surface area contributed by atoms with Gasteiger partial charge in [0, 0.05) is 5.69 Å². The van der Waals surface area contributed by atoms with Crippen LogP contribution >= 0.6 is 0 Å². The summed E-state index contributed by atoms with van der Waals surface area (Å²) < 4.78 is 0. The molecule has 2 aromatic rings. The molecule has 2 rings (SSSR count). The van der Waals surface area contributed by atoms with Crippen LogP contribution in [0.2, 0.25) is 0 Å². The van der Waals surface area contributed by atoms with E-state index in [1.165, 1.54) is 12.1 Å². The number of nitrogens with two attached hydrogens (primary N) is 2. The van der Waals surface area contributed by atoms with Gasteiger partial charge in [0.15, 0.2) is 0 Å². The number of carboxylic acids is 2. The highest BCUT2D eigenvalue weighted by Gasteiger charge is 2.22. The van der Waals surface area contributed by atoms with Gasteiger partial charge in [-0.05, 0) is 17.2 Å². The van der Waals surface area contributed by atoms with Crippen LogP contribution in [0.4, 0.5) is 11.4 Å². The van der Waals surface area contributed by atoms with E-state index < -0.39 is 17.5 Å². The smallest absolute Gasteiger partial charge is 0.339 e. The van der Waals surface area contributed by atoms with Gasteiger partial charge in [0.2, 0.25) is 0 Å². The molecule has 0 saturated carbocycles. The molecule has 2 aromatic carbocycles. The highest BCUT2D eigenvalue weighted by Crippen LogP contribution is 2.29. The maximum Gasteiger partial charge on any atom is 0.339 e. The minimum absolute atomic E-state index is 0.0808. The molecule has 6 heteroatoms. The predicted octanol–water partition coefficient (Wildman–Crippen LogP) is 2.42. The molecule has 0 aliphatic carbocycles. The van der Waals surface area contributed by atoms with E-state index in [4.69, 9.17) is 16.6 Å². The molecule has 0 aromatic heterocycles. The number of hydrogen-bond donors (Lipinski definition) is 4. The van der Waals surface area contributed by atoms with Gasteiger partial charge in [-0.1, -0.05) is 42.5 Å². The van der Waals surface area contributed by atoms with E-state index in [1.54, 1.807) is 6.08 Å². The molecular weight excluding hydrogens is 284 g/mol. The van der Waals surface area contributed by atoms with Crippen molar-refractivity contribution in [3.05, 3.63) is 58.7 Å². The number of carboxylic acid groups (broad SMARTS) is 2. The number of hydrogen-bond acceptors (Lipinski definition) is 4. The van der Waals surface area contributed by atoms with E-state index in [-0.39, 0.29) is 22.5 Å². The summed E-state index contributed by atoms with van der Waals surface area (Å²) in [6.45, 7) is 0. The van der Waals surface area contributed by atoms with E-state index in [1.807, 2.05) is 30.3 Å². The topological polar surface area (TPSA) is 127 Å². The standard InChI is InChI=1S/C16H14N2O4/c17-11-8-10(7-6-9-4-2-1-3-5-9)12(15(19)20)14(18)13(11)16(21)22/h1-8H,17-18H2,(H,19,20)(H,21,22). The van der Waals surface area contributed by atoms with Crippen LogP contribution in [0, 0.1) is 0 Å². The second kappa shape index (κ2) is 6.01. The first-order valence-electron chi connectivity index (χ1n) is 6.33. The van der Waals surface area contributed by atoms with Gasteiger partial charge >= 0.3 is 11.9 Å². The van der Waals surface area contributed by atoms with Crippen LogP contribution in [0.25, 0.3) is 12.2 Å². The Morgan fingerprint density at radius 3 is 2.05 bits per heavy atom. The van der Waals surface area contributed by atoms with Crippen molar-refractivity contribution in [1.29, 1.82) is 0 Å². The molecule has 0 amide bonds. The van der Waals surface area contributed by atoms with E-state index in [0.29, 0.717) is 0 Å². The lowest BCUT2D eigenvalue weighted by molar-refractivity contribution is 0.0696. The molecule has 0 radical (unpaired) electrons. The SMILES string of the molecule is Nc1cc(C=Cc2ccccc2)c(C(=O)O)c(N)c1C(=O)O. The van der Waals surface area contributed by atoms with E-state index in [9.17, 15) is 14.7 Å². The van der Waals surface area contributed by atoms with Crippen molar-refractivity contribution in [2.75, 3.05) is 11.5 Å². The molecule has 0 aliphatic rings. The maximum absolute atomic E-state index is 11.4. The summed E-state index contributed by atoms with van der Waals surface area (Å²) in [6, 6.07) is 10.5. The molecule has 0 heterocycles. The van der Waals surface area contributed by atoms with Crippen molar-refractivity contribution < 1.29 is 19.8 Å². The zero-order valence-electron chi connectivity index (χ0n) is 11.5. The fourth-order valence-corrected chi connectivity index (χ4v) is 2.11. The van der Waals surface area contributed by atoms with Gasteiger partial charge in [-0.3, -0.25) is 0 Å². The monoisotopic (exact) mass is 298 g/mol. The lowest BCUT2D eigenvalue weighted by atomic mass is 9.98. The predicted molar refractivity (Wildman–Crippen MR) is 84.6 cm³/mol. The summed E-state index contributed by atoms with van der Waals surface area (Å²) in [5.74, 6) is -2.68. The second-order valence-corrected chi connectivity index (χ2v) is 4.57. The van der Waals surface area contributed by atoms with Crippen molar-refractivity contribution in [3.63, 3.8) is 0 Å². The van der Waals surface area contributed by atoms with Gasteiger partial charge in [-0.25, -0.2) is 9.59 Å². The molecule has 0 saturated heterocycles. The van der Waals surface area contributed by atoms with Gasteiger partial charge in [0.25, 0.3) is 0 Å². The summed E-state index contributed by atoms with van der Waals surface area (Å²) >= 11 is 0. The van der Waals surface area contributed by atoms with Crippen LogP contribution in [0.1, 0.15) is 31.8 Å². The third-order valence-electron chi connectivity index (χ3n) is 3.11. The maximum atomic E-state index is 11.4. The van der Waals surface area contributed by atoms with Crippen LogP contribution in [-0.2, 0) is 0 Å². The molecule has 0 fully saturated rings. The molecule has 22 heavy (non-hydrogen) atoms. The lowest BCUT2D eigenvalue weighted by Gasteiger charge is -2.11. The van der Waals surface area contributed by atoms with Crippen LogP contribution in [0.5, 0.6) is 0 Å². The Bertz CT molecular complexity index is 767. The quantitative estimate of drug-likeness (QED) is 0.507. The molecule has 112 valence electrons. The highest BCUT2D eigenvalue weighted by atomic mass is 16.4. The summed E-state index contributed by atoms with van der Waals surface area (Å²) in [5.41, 5.74) is 11.4. The van der Waals surface area contributed by atoms with E-state index >= 15 is 0 Å². The average molecular weight is 298 g/mol. The zero-order chi connectivity index (χ0) is 16.3. The van der Waals surface area contributed by atoms with Crippen molar-refractivity contribution in [2.45, 2.75) is 0 Å². The number of anilines is 2. The molecular formula is C16H14N2O4. The lowest BCUT2D eigenvalue weighted by Crippen LogP contribution is -2.13. The van der Waals surface area contributed by atoms with Crippen molar-refractivity contribution >= 4 is 35.5 Å². The van der Waals surface area contributed by atoms with Gasteiger partial charge in [0.1, 0.15) is 5.56 Å². The van der Waals surface area contributed by atoms with Crippen LogP contribution in [-0.4, -0.2) is 22.2 Å². The van der Waals surface area contributed by atoms with Crippen molar-refractivity contribution in [3.8, 4) is 0 Å². The number of nitrogen functional groups attached to an aromatic ring is 2. The molecule has 0 aliphatic heterocycles. The molecule has 0 spiro atoms. The Kier molecular flexibility index (Phi) is 4.13. The van der Waals surface area contributed by atoms with E-state index in [0.717, 1.165) is 5.56 Å². The molecule has 6 nitrogen and oxygen atoms in total. The highest BCUT2D eigenvalue weighted by molar-refractivity contribution is 6.08. The first kappa shape index (κ1) is 15.1. The van der Waals surface area contributed by atoms with Gasteiger partial charge in [-0.15, -0.1) is 0 Å². The largest absolute Gasteiger partial charge is 0.478 e. The first-order chi connectivity index (χ1) is 10.4. The second-order valence-electron chi connectivity index (χ2n) is 4.57.